The molecule has 4 rings (SSSR count). The Morgan fingerprint density at radius 1 is 0.521 bits per heavy atom. The lowest BCUT2D eigenvalue weighted by Gasteiger charge is -2.07. The Hall–Kier alpha value is -5.72. The zero-order chi connectivity index (χ0) is 34.1. The van der Waals surface area contributed by atoms with Gasteiger partial charge < -0.3 is 9.47 Å². The summed E-state index contributed by atoms with van der Waals surface area (Å²) in [6.07, 6.45) is 9.58. The van der Waals surface area contributed by atoms with Gasteiger partial charge >= 0.3 is 11.9 Å². The van der Waals surface area contributed by atoms with Gasteiger partial charge in [-0.1, -0.05) is 85.3 Å². The largest absolute Gasteiger partial charge is 0.427 e. The minimum absolute atomic E-state index is 0.277. The van der Waals surface area contributed by atoms with Crippen LogP contribution in [0.4, 0.5) is 0 Å². The van der Waals surface area contributed by atoms with E-state index < -0.39 is 0 Å². The molecule has 6 heteroatoms. The standard InChI is InChI=1S/C42H40N2O4/c1-31-11-15-33(16-12-31)27-37(29-43)35-19-23-39(24-20-35)47-41(45)9-7-5-3-4-6-8-10-42(46)48-40-25-21-36(22-26-40)38(30-44)28-34-17-13-32(2)14-18-34/h11-28H,3-10H2,1-2H3/b37-27-,38-28+. The summed E-state index contributed by atoms with van der Waals surface area (Å²) in [5, 5.41) is 19.2. The van der Waals surface area contributed by atoms with Crippen LogP contribution in [-0.2, 0) is 9.59 Å². The highest BCUT2D eigenvalue weighted by molar-refractivity contribution is 5.90. The van der Waals surface area contributed by atoms with Crippen LogP contribution in [0.2, 0.25) is 0 Å². The number of ether oxygens (including phenoxy) is 2. The maximum atomic E-state index is 12.3. The highest BCUT2D eigenvalue weighted by atomic mass is 16.5. The second-order valence-electron chi connectivity index (χ2n) is 11.8. The van der Waals surface area contributed by atoms with Crippen LogP contribution in [-0.4, -0.2) is 11.9 Å². The number of rotatable bonds is 15. The molecule has 0 aromatic heterocycles. The molecule has 48 heavy (non-hydrogen) atoms. The predicted molar refractivity (Wildman–Crippen MR) is 190 cm³/mol. The zero-order valence-electron chi connectivity index (χ0n) is 27.6. The van der Waals surface area contributed by atoms with Crippen LogP contribution in [0.3, 0.4) is 0 Å². The molecule has 0 aliphatic rings. The van der Waals surface area contributed by atoms with Gasteiger partial charge in [0.05, 0.1) is 23.3 Å². The molecular formula is C42H40N2O4. The molecule has 4 aromatic rings. The summed E-state index contributed by atoms with van der Waals surface area (Å²) in [5.41, 5.74) is 6.82. The lowest BCUT2D eigenvalue weighted by Crippen LogP contribution is -2.07. The first-order chi connectivity index (χ1) is 23.3. The number of nitriles is 2. The molecule has 0 bridgehead atoms. The number of aryl methyl sites for hydroxylation is 2. The normalized spacial score (nSPS) is 11.3. The number of hydrogen-bond donors (Lipinski definition) is 0. The summed E-state index contributed by atoms with van der Waals surface area (Å²) in [7, 11) is 0. The molecule has 0 radical (unpaired) electrons. The van der Waals surface area contributed by atoms with Crippen LogP contribution in [0, 0.1) is 36.5 Å². The molecule has 0 saturated carbocycles. The van der Waals surface area contributed by atoms with Gasteiger partial charge in [-0.05, 0) is 110 Å². The zero-order valence-corrected chi connectivity index (χ0v) is 27.6. The average molecular weight is 637 g/mol. The van der Waals surface area contributed by atoms with Crippen molar-refractivity contribution in [2.75, 3.05) is 0 Å². The molecule has 6 nitrogen and oxygen atoms in total. The fraction of sp³-hybridized carbons (Fsp3) is 0.238. The monoisotopic (exact) mass is 636 g/mol. The highest BCUT2D eigenvalue weighted by Crippen LogP contribution is 2.23. The summed E-state index contributed by atoms with van der Waals surface area (Å²) in [5.74, 6) is 0.364. The Morgan fingerprint density at radius 2 is 0.854 bits per heavy atom. The van der Waals surface area contributed by atoms with Crippen LogP contribution in [0.5, 0.6) is 11.5 Å². The van der Waals surface area contributed by atoms with Crippen molar-refractivity contribution in [1.82, 2.24) is 0 Å². The number of benzene rings is 4. The summed E-state index contributed by atoms with van der Waals surface area (Å²) < 4.78 is 11.0. The van der Waals surface area contributed by atoms with Gasteiger partial charge in [-0.25, -0.2) is 0 Å². The van der Waals surface area contributed by atoms with Gasteiger partial charge in [0.2, 0.25) is 0 Å². The van der Waals surface area contributed by atoms with Crippen molar-refractivity contribution in [2.24, 2.45) is 0 Å². The second-order valence-corrected chi connectivity index (χ2v) is 11.8. The number of unbranched alkanes of at least 4 members (excludes halogenated alkanes) is 5. The summed E-state index contributed by atoms with van der Waals surface area (Å²) in [6, 6.07) is 34.4. The van der Waals surface area contributed by atoms with Crippen LogP contribution in [0.1, 0.15) is 84.7 Å². The number of allylic oxidation sites excluding steroid dienone is 2. The molecule has 0 fully saturated rings. The van der Waals surface area contributed by atoms with Gasteiger partial charge in [-0.3, -0.25) is 9.59 Å². The van der Waals surface area contributed by atoms with Crippen molar-refractivity contribution in [2.45, 2.75) is 65.2 Å². The minimum atomic E-state index is -0.277. The number of carbonyl (C=O) groups is 2. The van der Waals surface area contributed by atoms with E-state index in [4.69, 9.17) is 9.47 Å². The van der Waals surface area contributed by atoms with E-state index in [1.165, 1.54) is 0 Å². The lowest BCUT2D eigenvalue weighted by molar-refractivity contribution is -0.135. The van der Waals surface area contributed by atoms with Crippen molar-refractivity contribution >= 4 is 35.2 Å². The Bertz CT molecular complexity index is 1670. The van der Waals surface area contributed by atoms with E-state index in [1.54, 1.807) is 48.5 Å². The smallest absolute Gasteiger partial charge is 0.311 e. The molecule has 0 unspecified atom stereocenters. The van der Waals surface area contributed by atoms with Gasteiger partial charge in [0.25, 0.3) is 0 Å². The molecule has 0 heterocycles. The first kappa shape index (κ1) is 35.1. The number of hydrogen-bond acceptors (Lipinski definition) is 6. The highest BCUT2D eigenvalue weighted by Gasteiger charge is 2.09. The van der Waals surface area contributed by atoms with E-state index in [2.05, 4.69) is 12.1 Å². The van der Waals surface area contributed by atoms with Gasteiger partial charge in [0, 0.05) is 12.8 Å². The van der Waals surface area contributed by atoms with Crippen molar-refractivity contribution < 1.29 is 19.1 Å². The molecule has 0 N–H and O–H groups in total. The predicted octanol–water partition coefficient (Wildman–Crippen LogP) is 10.1. The lowest BCUT2D eigenvalue weighted by atomic mass is 10.0. The molecule has 0 atom stereocenters. The van der Waals surface area contributed by atoms with E-state index in [0.29, 0.717) is 35.5 Å². The van der Waals surface area contributed by atoms with Crippen LogP contribution in [0.25, 0.3) is 23.3 Å². The Kier molecular flexibility index (Phi) is 13.5. The van der Waals surface area contributed by atoms with Gasteiger partial charge in [-0.2, -0.15) is 10.5 Å². The number of carbonyl (C=O) groups excluding carboxylic acids is 2. The molecule has 0 saturated heterocycles. The maximum Gasteiger partial charge on any atom is 0.311 e. The van der Waals surface area contributed by atoms with Gasteiger partial charge in [0.1, 0.15) is 11.5 Å². The maximum absolute atomic E-state index is 12.3. The van der Waals surface area contributed by atoms with Crippen molar-refractivity contribution in [3.8, 4) is 23.6 Å². The Morgan fingerprint density at radius 3 is 1.19 bits per heavy atom. The molecule has 242 valence electrons. The van der Waals surface area contributed by atoms with Crippen LogP contribution >= 0.6 is 0 Å². The first-order valence-electron chi connectivity index (χ1n) is 16.3. The topological polar surface area (TPSA) is 100 Å². The van der Waals surface area contributed by atoms with Gasteiger partial charge in [-0.15, -0.1) is 0 Å². The van der Waals surface area contributed by atoms with Crippen molar-refractivity contribution in [3.05, 3.63) is 130 Å². The molecule has 4 aromatic carbocycles. The molecule has 0 spiro atoms. The second kappa shape index (κ2) is 18.4. The number of esters is 2. The molecule has 0 aliphatic carbocycles. The SMILES string of the molecule is Cc1ccc(/C=C(\C#N)c2ccc(OC(=O)CCCCCCCCC(=O)Oc3ccc(/C(C#N)=C\c4ccc(C)cc4)cc3)cc2)cc1. The fourth-order valence-corrected chi connectivity index (χ4v) is 5.03. The van der Waals surface area contributed by atoms with Gasteiger partial charge in [0.15, 0.2) is 0 Å². The van der Waals surface area contributed by atoms with E-state index >= 15 is 0 Å². The third-order valence-electron chi connectivity index (χ3n) is 7.82. The molecule has 0 amide bonds. The van der Waals surface area contributed by atoms with E-state index in [1.807, 2.05) is 74.5 Å². The third-order valence-corrected chi connectivity index (χ3v) is 7.82. The third kappa shape index (κ3) is 11.6. The van der Waals surface area contributed by atoms with E-state index in [9.17, 15) is 20.1 Å². The fourth-order valence-electron chi connectivity index (χ4n) is 5.03. The summed E-state index contributed by atoms with van der Waals surface area (Å²) in [6.45, 7) is 4.04. The average Bonchev–Trinajstić information content (AvgIpc) is 3.10. The quantitative estimate of drug-likeness (QED) is 0.0423. The summed E-state index contributed by atoms with van der Waals surface area (Å²) in [4.78, 5) is 24.6. The molecular weight excluding hydrogens is 596 g/mol. The summed E-state index contributed by atoms with van der Waals surface area (Å²) >= 11 is 0. The number of nitrogens with zero attached hydrogens (tertiary/aromatic N) is 2. The van der Waals surface area contributed by atoms with Crippen molar-refractivity contribution in [1.29, 1.82) is 10.5 Å². The first-order valence-corrected chi connectivity index (χ1v) is 16.3. The van der Waals surface area contributed by atoms with Crippen LogP contribution in [0.15, 0.2) is 97.1 Å². The molecule has 0 aliphatic heterocycles. The van der Waals surface area contributed by atoms with Crippen LogP contribution < -0.4 is 9.47 Å². The Labute approximate surface area is 283 Å². The minimum Gasteiger partial charge on any atom is -0.427 e. The Balaban J connectivity index is 1.08. The van der Waals surface area contributed by atoms with E-state index in [-0.39, 0.29) is 11.9 Å². The van der Waals surface area contributed by atoms with Crippen molar-refractivity contribution in [3.63, 3.8) is 0 Å². The van der Waals surface area contributed by atoms with E-state index in [0.717, 1.165) is 71.9 Å².